The second-order valence-corrected chi connectivity index (χ2v) is 8.45. The molecule has 0 saturated carbocycles. The predicted molar refractivity (Wildman–Crippen MR) is 80.2 cm³/mol. The molecule has 1 aromatic carbocycles. The van der Waals surface area contributed by atoms with E-state index in [1.54, 1.807) is 14.0 Å². The van der Waals surface area contributed by atoms with Crippen LogP contribution in [-0.4, -0.2) is 21.2 Å². The summed E-state index contributed by atoms with van der Waals surface area (Å²) in [5.41, 5.74) is 1.25. The van der Waals surface area contributed by atoms with E-state index in [2.05, 4.69) is 0 Å². The lowest BCUT2D eigenvalue weighted by Crippen LogP contribution is -2.28. The fourth-order valence-corrected chi connectivity index (χ4v) is 5.00. The van der Waals surface area contributed by atoms with Crippen molar-refractivity contribution in [1.82, 2.24) is 0 Å². The van der Waals surface area contributed by atoms with E-state index in [1.165, 1.54) is 4.31 Å². The summed E-state index contributed by atoms with van der Waals surface area (Å²) >= 11 is 0. The van der Waals surface area contributed by atoms with Gasteiger partial charge in [-0.2, -0.15) is 0 Å². The van der Waals surface area contributed by atoms with Crippen molar-refractivity contribution in [3.8, 4) is 0 Å². The van der Waals surface area contributed by atoms with Gasteiger partial charge in [-0.15, -0.1) is 0 Å². The number of sulfonamides is 1. The summed E-state index contributed by atoms with van der Waals surface area (Å²) in [5, 5.41) is -0.557. The van der Waals surface area contributed by atoms with Gasteiger partial charge < -0.3 is 4.79 Å². The van der Waals surface area contributed by atoms with E-state index in [1.807, 2.05) is 38.1 Å². The molecule has 4 nitrogen and oxygen atoms in total. The molecule has 0 spiro atoms. The van der Waals surface area contributed by atoms with Gasteiger partial charge in [-0.05, 0) is 30.4 Å². The van der Waals surface area contributed by atoms with Crippen molar-refractivity contribution in [3.63, 3.8) is 0 Å². The Balaban J connectivity index is 2.39. The van der Waals surface area contributed by atoms with E-state index < -0.39 is 15.3 Å². The maximum atomic E-state index is 12.6. The second kappa shape index (κ2) is 4.88. The molecule has 110 valence electrons. The number of anilines is 1. The average molecular weight is 295 g/mol. The Morgan fingerprint density at radius 2 is 1.90 bits per heavy atom. The maximum absolute atomic E-state index is 12.6. The molecule has 0 fully saturated rings. The van der Waals surface area contributed by atoms with E-state index in [9.17, 15) is 13.2 Å². The van der Waals surface area contributed by atoms with Crippen molar-refractivity contribution in [2.75, 3.05) is 11.4 Å². The quantitative estimate of drug-likeness (QED) is 0.858. The molecule has 0 aliphatic carbocycles. The molecular weight excluding hydrogens is 274 g/mol. The SMILES string of the molecule is CC(=O)CC(C)(C)CC1c2ccccc2N(C)S1(=O)=O. The zero-order chi connectivity index (χ0) is 15.1. The number of carbonyl (C=O) groups is 1. The minimum atomic E-state index is -3.37. The fraction of sp³-hybridized carbons (Fsp3) is 0.533. The smallest absolute Gasteiger partial charge is 0.242 e. The molecule has 0 bridgehead atoms. The molecule has 5 heteroatoms. The van der Waals surface area contributed by atoms with Crippen LogP contribution in [0.15, 0.2) is 24.3 Å². The molecule has 1 atom stereocenters. The van der Waals surface area contributed by atoms with Crippen LogP contribution in [0, 0.1) is 5.41 Å². The van der Waals surface area contributed by atoms with E-state index in [-0.39, 0.29) is 11.2 Å². The maximum Gasteiger partial charge on any atom is 0.242 e. The highest BCUT2D eigenvalue weighted by Crippen LogP contribution is 2.47. The first-order chi connectivity index (χ1) is 9.15. The van der Waals surface area contributed by atoms with Crippen molar-refractivity contribution in [2.45, 2.75) is 38.9 Å². The fourth-order valence-electron chi connectivity index (χ4n) is 3.00. The van der Waals surface area contributed by atoms with E-state index in [4.69, 9.17) is 0 Å². The normalized spacial score (nSPS) is 20.8. The lowest BCUT2D eigenvalue weighted by molar-refractivity contribution is -0.118. The molecule has 1 aromatic rings. The summed E-state index contributed by atoms with van der Waals surface area (Å²) in [6.45, 7) is 5.45. The van der Waals surface area contributed by atoms with Gasteiger partial charge in [0, 0.05) is 13.5 Å². The summed E-state index contributed by atoms with van der Waals surface area (Å²) in [6.07, 6.45) is 0.848. The molecule has 1 unspecified atom stereocenters. The second-order valence-electron chi connectivity index (χ2n) is 6.31. The van der Waals surface area contributed by atoms with Crippen molar-refractivity contribution >= 4 is 21.5 Å². The molecular formula is C15H21NO3S. The Kier molecular flexibility index (Phi) is 3.67. The monoisotopic (exact) mass is 295 g/mol. The largest absolute Gasteiger partial charge is 0.300 e. The van der Waals surface area contributed by atoms with Gasteiger partial charge in [0.25, 0.3) is 0 Å². The van der Waals surface area contributed by atoms with Crippen LogP contribution >= 0.6 is 0 Å². The first-order valence-corrected chi connectivity index (χ1v) is 8.21. The topological polar surface area (TPSA) is 54.5 Å². The summed E-state index contributed by atoms with van der Waals surface area (Å²) in [7, 11) is -1.78. The number of hydrogen-bond donors (Lipinski definition) is 0. The molecule has 1 aliphatic heterocycles. The standard InChI is InChI=1S/C15H21NO3S/c1-11(17)9-15(2,3)10-14-12-7-5-6-8-13(12)16(4)20(14,18)19/h5-8,14H,9-10H2,1-4H3. The molecule has 1 aliphatic rings. The lowest BCUT2D eigenvalue weighted by Gasteiger charge is -2.26. The summed E-state index contributed by atoms with van der Waals surface area (Å²) in [5.74, 6) is 0.0898. The Morgan fingerprint density at radius 3 is 2.50 bits per heavy atom. The van der Waals surface area contributed by atoms with Crippen molar-refractivity contribution in [1.29, 1.82) is 0 Å². The highest BCUT2D eigenvalue weighted by molar-refractivity contribution is 7.93. The zero-order valence-electron chi connectivity index (χ0n) is 12.4. The Morgan fingerprint density at radius 1 is 1.30 bits per heavy atom. The Hall–Kier alpha value is -1.36. The minimum absolute atomic E-state index is 0.0898. The van der Waals surface area contributed by atoms with Gasteiger partial charge in [0.2, 0.25) is 10.0 Å². The van der Waals surface area contributed by atoms with Crippen LogP contribution in [0.2, 0.25) is 0 Å². The molecule has 0 N–H and O–H groups in total. The molecule has 1 heterocycles. The lowest BCUT2D eigenvalue weighted by atomic mass is 9.81. The van der Waals surface area contributed by atoms with Crippen LogP contribution in [0.3, 0.4) is 0 Å². The number of hydrogen-bond acceptors (Lipinski definition) is 3. The summed E-state index contributed by atoms with van der Waals surface area (Å²) in [6, 6.07) is 7.39. The van der Waals surface area contributed by atoms with Crippen LogP contribution in [0.5, 0.6) is 0 Å². The van der Waals surface area contributed by atoms with Gasteiger partial charge in [0.15, 0.2) is 0 Å². The summed E-state index contributed by atoms with van der Waals surface area (Å²) < 4.78 is 26.5. The van der Waals surface area contributed by atoms with Crippen molar-refractivity contribution < 1.29 is 13.2 Å². The van der Waals surface area contributed by atoms with Gasteiger partial charge in [0.05, 0.1) is 5.69 Å². The number of carbonyl (C=O) groups excluding carboxylic acids is 1. The molecule has 0 aromatic heterocycles. The molecule has 2 rings (SSSR count). The van der Waals surface area contributed by atoms with Gasteiger partial charge >= 0.3 is 0 Å². The van der Waals surface area contributed by atoms with Crippen LogP contribution < -0.4 is 4.31 Å². The van der Waals surface area contributed by atoms with Gasteiger partial charge in [0.1, 0.15) is 11.0 Å². The van der Waals surface area contributed by atoms with Crippen LogP contribution in [0.4, 0.5) is 5.69 Å². The molecule has 20 heavy (non-hydrogen) atoms. The number of ketones is 1. The number of rotatable bonds is 4. The van der Waals surface area contributed by atoms with E-state index in [0.29, 0.717) is 12.8 Å². The number of benzene rings is 1. The van der Waals surface area contributed by atoms with E-state index in [0.717, 1.165) is 11.3 Å². The third kappa shape index (κ3) is 2.59. The Labute approximate surface area is 120 Å². The number of Topliss-reactive ketones (excluding diaryl/α,β-unsaturated/α-hetero) is 1. The van der Waals surface area contributed by atoms with Crippen LogP contribution in [-0.2, 0) is 14.8 Å². The molecule has 0 saturated heterocycles. The minimum Gasteiger partial charge on any atom is -0.300 e. The number of fused-ring (bicyclic) bond motifs is 1. The van der Waals surface area contributed by atoms with Gasteiger partial charge in [-0.1, -0.05) is 32.0 Å². The molecule has 0 amide bonds. The van der Waals surface area contributed by atoms with E-state index >= 15 is 0 Å². The molecule has 0 radical (unpaired) electrons. The summed E-state index contributed by atoms with van der Waals surface area (Å²) in [4.78, 5) is 11.3. The first-order valence-electron chi connectivity index (χ1n) is 6.71. The average Bonchev–Trinajstić information content (AvgIpc) is 2.50. The first kappa shape index (κ1) is 15.0. The van der Waals surface area contributed by atoms with Crippen LogP contribution in [0.25, 0.3) is 0 Å². The number of para-hydroxylation sites is 1. The third-order valence-corrected chi connectivity index (χ3v) is 5.93. The van der Waals surface area contributed by atoms with Crippen molar-refractivity contribution in [3.05, 3.63) is 29.8 Å². The van der Waals surface area contributed by atoms with Crippen molar-refractivity contribution in [2.24, 2.45) is 5.41 Å². The number of nitrogens with zero attached hydrogens (tertiary/aromatic N) is 1. The highest BCUT2D eigenvalue weighted by atomic mass is 32.2. The third-order valence-electron chi connectivity index (χ3n) is 3.83. The predicted octanol–water partition coefficient (Wildman–Crippen LogP) is 2.90. The van der Waals surface area contributed by atoms with Gasteiger partial charge in [-0.25, -0.2) is 8.42 Å². The zero-order valence-corrected chi connectivity index (χ0v) is 13.2. The van der Waals surface area contributed by atoms with Gasteiger partial charge in [-0.3, -0.25) is 4.31 Å². The highest BCUT2D eigenvalue weighted by Gasteiger charge is 2.43. The Bertz CT molecular complexity index is 634. The van der Waals surface area contributed by atoms with Crippen LogP contribution in [0.1, 0.15) is 44.4 Å².